The lowest BCUT2D eigenvalue weighted by Crippen LogP contribution is -2.46. The number of benzene rings is 2. The fourth-order valence-corrected chi connectivity index (χ4v) is 3.68. The molecule has 0 aliphatic carbocycles. The Labute approximate surface area is 201 Å². The van der Waals surface area contributed by atoms with E-state index in [1.807, 2.05) is 24.3 Å². The van der Waals surface area contributed by atoms with Crippen LogP contribution in [0.15, 0.2) is 47.5 Å². The zero-order valence-corrected chi connectivity index (χ0v) is 20.7. The van der Waals surface area contributed by atoms with Crippen LogP contribution in [-0.2, 0) is 11.3 Å². The summed E-state index contributed by atoms with van der Waals surface area (Å²) in [5.74, 6) is 1.34. The molecule has 31 heavy (non-hydrogen) atoms. The fraction of sp³-hybridized carbons (Fsp3) is 0.435. The topological polar surface area (TPSA) is 58.1 Å². The molecule has 0 saturated carbocycles. The summed E-state index contributed by atoms with van der Waals surface area (Å²) in [5.41, 5.74) is 3.35. The maximum atomic E-state index is 13.4. The third kappa shape index (κ3) is 7.62. The zero-order valence-electron chi connectivity index (χ0n) is 18.4. The maximum absolute atomic E-state index is 13.4. The number of guanidine groups is 1. The number of ether oxygens (including phenoxy) is 2. The van der Waals surface area contributed by atoms with Crippen molar-refractivity contribution in [2.75, 3.05) is 47.0 Å². The molecule has 1 aliphatic rings. The minimum absolute atomic E-state index is 0. The molecule has 2 aromatic rings. The van der Waals surface area contributed by atoms with E-state index in [-0.39, 0.29) is 35.8 Å². The Hall–Kier alpha value is -1.91. The molecule has 170 valence electrons. The van der Waals surface area contributed by atoms with Gasteiger partial charge in [0, 0.05) is 33.2 Å². The Morgan fingerprint density at radius 3 is 2.52 bits per heavy atom. The van der Waals surface area contributed by atoms with Gasteiger partial charge in [-0.15, -0.1) is 24.0 Å². The number of hydrogen-bond donors (Lipinski definition) is 2. The quantitative estimate of drug-likeness (QED) is 0.319. The molecule has 0 radical (unpaired) electrons. The molecule has 0 amide bonds. The van der Waals surface area contributed by atoms with Gasteiger partial charge in [-0.3, -0.25) is 9.89 Å². The summed E-state index contributed by atoms with van der Waals surface area (Å²) in [7, 11) is 3.43. The molecule has 2 aromatic carbocycles. The van der Waals surface area contributed by atoms with Gasteiger partial charge in [-0.05, 0) is 47.9 Å². The van der Waals surface area contributed by atoms with Crippen molar-refractivity contribution < 1.29 is 13.9 Å². The number of nitrogens with zero attached hydrogens (tertiary/aromatic N) is 2. The van der Waals surface area contributed by atoms with Crippen molar-refractivity contribution in [3.63, 3.8) is 0 Å². The van der Waals surface area contributed by atoms with Crippen LogP contribution in [0.1, 0.15) is 22.7 Å². The second kappa shape index (κ2) is 12.8. The van der Waals surface area contributed by atoms with Crippen molar-refractivity contribution in [2.24, 2.45) is 4.99 Å². The summed E-state index contributed by atoms with van der Waals surface area (Å²) in [6.45, 7) is 6.45. The Morgan fingerprint density at radius 2 is 1.87 bits per heavy atom. The minimum atomic E-state index is -0.224. The van der Waals surface area contributed by atoms with E-state index in [9.17, 15) is 4.39 Å². The van der Waals surface area contributed by atoms with Gasteiger partial charge in [0.1, 0.15) is 11.6 Å². The first-order chi connectivity index (χ1) is 14.6. The monoisotopic (exact) mass is 542 g/mol. The number of hydrogen-bond acceptors (Lipinski definition) is 4. The molecule has 1 saturated heterocycles. The highest BCUT2D eigenvalue weighted by molar-refractivity contribution is 14.0. The molecule has 0 spiro atoms. The van der Waals surface area contributed by atoms with E-state index in [0.717, 1.165) is 41.5 Å². The summed E-state index contributed by atoms with van der Waals surface area (Å²) in [6, 6.07) is 13.0. The van der Waals surface area contributed by atoms with Crippen molar-refractivity contribution in [2.45, 2.75) is 19.5 Å². The lowest BCUT2D eigenvalue weighted by Gasteiger charge is -2.35. The second-order valence-electron chi connectivity index (χ2n) is 7.38. The van der Waals surface area contributed by atoms with Crippen molar-refractivity contribution in [3.05, 3.63) is 65.0 Å². The lowest BCUT2D eigenvalue weighted by molar-refractivity contribution is 0.0170. The predicted octanol–water partition coefficient (Wildman–Crippen LogP) is 3.50. The van der Waals surface area contributed by atoms with Crippen LogP contribution in [-0.4, -0.2) is 57.9 Å². The molecular formula is C23H32FIN4O2. The number of nitrogens with one attached hydrogen (secondary N) is 2. The lowest BCUT2D eigenvalue weighted by atomic mass is 10.0. The molecule has 8 heteroatoms. The van der Waals surface area contributed by atoms with E-state index >= 15 is 0 Å². The number of halogens is 2. The van der Waals surface area contributed by atoms with Crippen molar-refractivity contribution in [3.8, 4) is 5.75 Å². The third-order valence-corrected chi connectivity index (χ3v) is 5.23. The van der Waals surface area contributed by atoms with Crippen LogP contribution >= 0.6 is 24.0 Å². The molecule has 2 N–H and O–H groups in total. The highest BCUT2D eigenvalue weighted by Crippen LogP contribution is 2.22. The maximum Gasteiger partial charge on any atom is 0.191 e. The first kappa shape index (κ1) is 25.4. The third-order valence-electron chi connectivity index (χ3n) is 5.23. The van der Waals surface area contributed by atoms with E-state index in [1.54, 1.807) is 14.2 Å². The smallest absolute Gasteiger partial charge is 0.191 e. The summed E-state index contributed by atoms with van der Waals surface area (Å²) >= 11 is 0. The molecule has 1 heterocycles. The molecule has 3 rings (SSSR count). The fourth-order valence-electron chi connectivity index (χ4n) is 3.68. The van der Waals surface area contributed by atoms with E-state index in [1.165, 1.54) is 12.1 Å². The average Bonchev–Trinajstić information content (AvgIpc) is 2.77. The molecule has 1 unspecified atom stereocenters. The van der Waals surface area contributed by atoms with Crippen molar-refractivity contribution >= 4 is 29.9 Å². The van der Waals surface area contributed by atoms with Gasteiger partial charge in [0.2, 0.25) is 0 Å². The number of aliphatic imine (C=N–C) groups is 1. The van der Waals surface area contributed by atoms with Gasteiger partial charge in [0.05, 0.1) is 26.4 Å². The van der Waals surface area contributed by atoms with Crippen LogP contribution in [0.25, 0.3) is 0 Å². The van der Waals surface area contributed by atoms with Crippen LogP contribution in [0.3, 0.4) is 0 Å². The normalized spacial score (nSPS) is 15.7. The SMILES string of the molecule is CN=C(NCc1cc(C)cc(OC)c1)NCC(c1ccc(F)cc1)N1CCOCC1.I. The van der Waals surface area contributed by atoms with Gasteiger partial charge >= 0.3 is 0 Å². The van der Waals surface area contributed by atoms with E-state index in [4.69, 9.17) is 9.47 Å². The molecule has 6 nitrogen and oxygen atoms in total. The number of rotatable bonds is 7. The first-order valence-corrected chi connectivity index (χ1v) is 10.3. The largest absolute Gasteiger partial charge is 0.497 e. The van der Waals surface area contributed by atoms with Gasteiger partial charge < -0.3 is 20.1 Å². The molecule has 1 aliphatic heterocycles. The van der Waals surface area contributed by atoms with Crippen LogP contribution < -0.4 is 15.4 Å². The highest BCUT2D eigenvalue weighted by atomic mass is 127. The van der Waals surface area contributed by atoms with Crippen LogP contribution in [0.4, 0.5) is 4.39 Å². The average molecular weight is 542 g/mol. The Morgan fingerprint density at radius 1 is 1.16 bits per heavy atom. The Bertz CT molecular complexity index is 842. The van der Waals surface area contributed by atoms with Gasteiger partial charge in [-0.25, -0.2) is 4.39 Å². The molecule has 0 bridgehead atoms. The summed E-state index contributed by atoms with van der Waals surface area (Å²) in [5, 5.41) is 6.79. The van der Waals surface area contributed by atoms with Crippen LogP contribution in [0.2, 0.25) is 0 Å². The Kier molecular flexibility index (Phi) is 10.5. The Balaban J connectivity index is 0.00000341. The number of aryl methyl sites for hydroxylation is 1. The number of methoxy groups -OCH3 is 1. The van der Waals surface area contributed by atoms with Gasteiger partial charge in [0.15, 0.2) is 5.96 Å². The number of morpholine rings is 1. The summed E-state index contributed by atoms with van der Waals surface area (Å²) < 4.78 is 24.3. The second-order valence-corrected chi connectivity index (χ2v) is 7.38. The molecule has 1 atom stereocenters. The summed E-state index contributed by atoms with van der Waals surface area (Å²) in [4.78, 5) is 6.72. The van der Waals surface area contributed by atoms with Crippen molar-refractivity contribution in [1.82, 2.24) is 15.5 Å². The first-order valence-electron chi connectivity index (χ1n) is 10.3. The predicted molar refractivity (Wildman–Crippen MR) is 133 cm³/mol. The highest BCUT2D eigenvalue weighted by Gasteiger charge is 2.23. The molecule has 0 aromatic heterocycles. The van der Waals surface area contributed by atoms with E-state index < -0.39 is 0 Å². The van der Waals surface area contributed by atoms with Gasteiger partial charge in [-0.2, -0.15) is 0 Å². The van der Waals surface area contributed by atoms with E-state index in [2.05, 4.69) is 33.5 Å². The van der Waals surface area contributed by atoms with Gasteiger partial charge in [0.25, 0.3) is 0 Å². The van der Waals surface area contributed by atoms with Crippen molar-refractivity contribution in [1.29, 1.82) is 0 Å². The standard InChI is InChI=1S/C23H31FN4O2.HI/c1-17-12-18(14-21(13-17)29-3)15-26-23(25-2)27-16-22(28-8-10-30-11-9-28)19-4-6-20(24)7-5-19;/h4-7,12-14,22H,8-11,15-16H2,1-3H3,(H2,25,26,27);1H. The van der Waals surface area contributed by atoms with Crippen LogP contribution in [0, 0.1) is 12.7 Å². The molecular weight excluding hydrogens is 510 g/mol. The minimum Gasteiger partial charge on any atom is -0.497 e. The molecule has 1 fully saturated rings. The van der Waals surface area contributed by atoms with Gasteiger partial charge in [-0.1, -0.05) is 18.2 Å². The summed E-state index contributed by atoms with van der Waals surface area (Å²) in [6.07, 6.45) is 0. The van der Waals surface area contributed by atoms with Crippen LogP contribution in [0.5, 0.6) is 5.75 Å². The zero-order chi connectivity index (χ0) is 21.3. The van der Waals surface area contributed by atoms with E-state index in [0.29, 0.717) is 26.3 Å².